The molecule has 1 aromatic rings. The average molecular weight is 359 g/mol. The number of nitrogens with one attached hydrogen (secondary N) is 1. The number of halogens is 1. The second kappa shape index (κ2) is 5.91. The minimum absolute atomic E-state index is 0. The smallest absolute Gasteiger partial charge is 0.193 e. The Morgan fingerprint density at radius 1 is 1.44 bits per heavy atom. The average Bonchev–Trinajstić information content (AvgIpc) is 2.25. The fraction of sp³-hybridized carbons (Fsp3) is 0.500. The molecule has 1 aromatic carbocycles. The number of aliphatic imine (C=N–C) groups is 1. The van der Waals surface area contributed by atoms with Gasteiger partial charge >= 0.3 is 0 Å². The highest BCUT2D eigenvalue weighted by atomic mass is 127. The van der Waals surface area contributed by atoms with Crippen LogP contribution in [0.1, 0.15) is 32.3 Å². The van der Waals surface area contributed by atoms with Crippen molar-refractivity contribution in [2.24, 2.45) is 16.1 Å². The van der Waals surface area contributed by atoms with Crippen LogP contribution in [0.15, 0.2) is 29.3 Å². The fourth-order valence-electron chi connectivity index (χ4n) is 2.16. The highest BCUT2D eigenvalue weighted by Crippen LogP contribution is 2.42. The molecule has 0 aromatic heterocycles. The van der Waals surface area contributed by atoms with E-state index in [1.165, 1.54) is 12.0 Å². The minimum atomic E-state index is 0. The molecule has 1 atom stereocenters. The number of rotatable bonds is 2. The maximum Gasteiger partial charge on any atom is 0.193 e. The SMILES string of the molecule is Cc1cccc(NC(N)=NC2CCC2(C)C)c1.I. The van der Waals surface area contributed by atoms with E-state index in [0.717, 1.165) is 12.1 Å². The molecule has 0 spiro atoms. The van der Waals surface area contributed by atoms with Gasteiger partial charge in [0.05, 0.1) is 6.04 Å². The van der Waals surface area contributed by atoms with Gasteiger partial charge in [0.2, 0.25) is 0 Å². The lowest BCUT2D eigenvalue weighted by molar-refractivity contribution is 0.145. The molecule has 0 heterocycles. The van der Waals surface area contributed by atoms with E-state index in [1.807, 2.05) is 12.1 Å². The van der Waals surface area contributed by atoms with Gasteiger partial charge in [0.15, 0.2) is 5.96 Å². The summed E-state index contributed by atoms with van der Waals surface area (Å²) in [5, 5.41) is 3.15. The summed E-state index contributed by atoms with van der Waals surface area (Å²) in [5.74, 6) is 0.522. The predicted octanol–water partition coefficient (Wildman–Crippen LogP) is 3.53. The van der Waals surface area contributed by atoms with Gasteiger partial charge in [-0.2, -0.15) is 0 Å². The molecule has 0 saturated heterocycles. The fourth-order valence-corrected chi connectivity index (χ4v) is 2.16. The van der Waals surface area contributed by atoms with Gasteiger partial charge in [-0.15, -0.1) is 24.0 Å². The summed E-state index contributed by atoms with van der Waals surface area (Å²) in [7, 11) is 0. The van der Waals surface area contributed by atoms with Crippen molar-refractivity contribution in [3.05, 3.63) is 29.8 Å². The highest BCUT2D eigenvalue weighted by molar-refractivity contribution is 14.0. The molecular weight excluding hydrogens is 337 g/mol. The van der Waals surface area contributed by atoms with E-state index < -0.39 is 0 Å². The van der Waals surface area contributed by atoms with Gasteiger partial charge in [0.1, 0.15) is 0 Å². The van der Waals surface area contributed by atoms with Gasteiger partial charge in [0, 0.05) is 5.69 Å². The molecule has 0 bridgehead atoms. The number of aryl methyl sites for hydroxylation is 1. The van der Waals surface area contributed by atoms with Crippen molar-refractivity contribution in [3.8, 4) is 0 Å². The number of benzene rings is 1. The molecule has 1 saturated carbocycles. The van der Waals surface area contributed by atoms with Crippen molar-refractivity contribution in [1.29, 1.82) is 0 Å². The van der Waals surface area contributed by atoms with E-state index in [-0.39, 0.29) is 24.0 Å². The highest BCUT2D eigenvalue weighted by Gasteiger charge is 2.38. The molecule has 3 N–H and O–H groups in total. The Balaban J connectivity index is 0.00000162. The Morgan fingerprint density at radius 2 is 2.17 bits per heavy atom. The number of nitrogens with zero attached hydrogens (tertiary/aromatic N) is 1. The summed E-state index contributed by atoms with van der Waals surface area (Å²) in [6.07, 6.45) is 2.38. The zero-order valence-corrected chi connectivity index (χ0v) is 13.6. The van der Waals surface area contributed by atoms with Gasteiger partial charge in [-0.05, 0) is 42.9 Å². The van der Waals surface area contributed by atoms with E-state index in [0.29, 0.717) is 17.4 Å². The second-order valence-corrected chi connectivity index (χ2v) is 5.55. The molecule has 18 heavy (non-hydrogen) atoms. The molecule has 4 heteroatoms. The minimum Gasteiger partial charge on any atom is -0.370 e. The summed E-state index contributed by atoms with van der Waals surface area (Å²) < 4.78 is 0. The zero-order valence-electron chi connectivity index (χ0n) is 11.2. The molecule has 0 aliphatic heterocycles. The molecule has 100 valence electrons. The molecule has 2 rings (SSSR count). The first-order chi connectivity index (χ1) is 7.97. The first-order valence-corrected chi connectivity index (χ1v) is 6.14. The normalized spacial score (nSPS) is 21.7. The van der Waals surface area contributed by atoms with Crippen LogP contribution in [0.5, 0.6) is 0 Å². The van der Waals surface area contributed by atoms with Crippen LogP contribution in [0.4, 0.5) is 5.69 Å². The number of anilines is 1. The number of nitrogens with two attached hydrogens (primary N) is 1. The van der Waals surface area contributed by atoms with E-state index in [9.17, 15) is 0 Å². The molecular formula is C14H22IN3. The van der Waals surface area contributed by atoms with Crippen LogP contribution in [0.3, 0.4) is 0 Å². The summed E-state index contributed by atoms with van der Waals surface area (Å²) in [4.78, 5) is 4.54. The standard InChI is InChI=1S/C14H21N3.HI/c1-10-5-4-6-11(9-10)16-13(15)17-12-7-8-14(12,2)3;/h4-6,9,12H,7-8H2,1-3H3,(H3,15,16,17);1H. The van der Waals surface area contributed by atoms with Crippen molar-refractivity contribution in [3.63, 3.8) is 0 Å². The van der Waals surface area contributed by atoms with Gasteiger partial charge in [-0.1, -0.05) is 26.0 Å². The molecule has 1 aliphatic rings. The summed E-state index contributed by atoms with van der Waals surface area (Å²) in [6.45, 7) is 6.54. The Labute approximate surface area is 126 Å². The van der Waals surface area contributed by atoms with Crippen LogP contribution >= 0.6 is 24.0 Å². The third-order valence-corrected chi connectivity index (χ3v) is 3.55. The Bertz CT molecular complexity index is 440. The molecule has 1 unspecified atom stereocenters. The van der Waals surface area contributed by atoms with E-state index in [1.54, 1.807) is 0 Å². The van der Waals surface area contributed by atoms with Gasteiger partial charge < -0.3 is 11.1 Å². The molecule has 3 nitrogen and oxygen atoms in total. The third kappa shape index (κ3) is 3.60. The quantitative estimate of drug-likeness (QED) is 0.482. The van der Waals surface area contributed by atoms with Crippen molar-refractivity contribution in [2.45, 2.75) is 39.7 Å². The summed E-state index contributed by atoms with van der Waals surface area (Å²) in [6, 6.07) is 8.50. The lowest BCUT2D eigenvalue weighted by atomic mass is 9.68. The number of guanidine groups is 1. The maximum absolute atomic E-state index is 5.93. The van der Waals surface area contributed by atoms with Crippen LogP contribution in [-0.4, -0.2) is 12.0 Å². The van der Waals surface area contributed by atoms with Gasteiger partial charge in [-0.3, -0.25) is 0 Å². The van der Waals surface area contributed by atoms with E-state index in [2.05, 4.69) is 43.2 Å². The zero-order chi connectivity index (χ0) is 12.5. The summed E-state index contributed by atoms with van der Waals surface area (Å²) in [5.41, 5.74) is 8.45. The van der Waals surface area contributed by atoms with Crippen LogP contribution in [0.2, 0.25) is 0 Å². The molecule has 0 radical (unpaired) electrons. The van der Waals surface area contributed by atoms with Gasteiger partial charge in [-0.25, -0.2) is 4.99 Å². The van der Waals surface area contributed by atoms with Gasteiger partial charge in [0.25, 0.3) is 0 Å². The van der Waals surface area contributed by atoms with Crippen LogP contribution in [0.25, 0.3) is 0 Å². The predicted molar refractivity (Wildman–Crippen MR) is 88.6 cm³/mol. The summed E-state index contributed by atoms with van der Waals surface area (Å²) >= 11 is 0. The monoisotopic (exact) mass is 359 g/mol. The lowest BCUT2D eigenvalue weighted by Crippen LogP contribution is -2.40. The van der Waals surface area contributed by atoms with Crippen molar-refractivity contribution >= 4 is 35.6 Å². The third-order valence-electron chi connectivity index (χ3n) is 3.55. The van der Waals surface area contributed by atoms with Crippen LogP contribution < -0.4 is 11.1 Å². The first-order valence-electron chi connectivity index (χ1n) is 6.14. The molecule has 1 fully saturated rings. The van der Waals surface area contributed by atoms with Crippen molar-refractivity contribution in [1.82, 2.24) is 0 Å². The van der Waals surface area contributed by atoms with Crippen LogP contribution in [-0.2, 0) is 0 Å². The number of hydrogen-bond acceptors (Lipinski definition) is 1. The second-order valence-electron chi connectivity index (χ2n) is 5.55. The Kier molecular flexibility index (Phi) is 5.01. The van der Waals surface area contributed by atoms with Crippen LogP contribution in [0, 0.1) is 12.3 Å². The maximum atomic E-state index is 5.93. The topological polar surface area (TPSA) is 50.4 Å². The Morgan fingerprint density at radius 3 is 2.67 bits per heavy atom. The van der Waals surface area contributed by atoms with Crippen molar-refractivity contribution in [2.75, 3.05) is 5.32 Å². The Hall–Kier alpha value is -0.780. The largest absolute Gasteiger partial charge is 0.370 e. The molecule has 0 amide bonds. The number of hydrogen-bond donors (Lipinski definition) is 2. The van der Waals surface area contributed by atoms with E-state index >= 15 is 0 Å². The first kappa shape index (κ1) is 15.3. The van der Waals surface area contributed by atoms with E-state index in [4.69, 9.17) is 5.73 Å². The molecule has 1 aliphatic carbocycles. The lowest BCUT2D eigenvalue weighted by Gasteiger charge is -2.41. The van der Waals surface area contributed by atoms with Crippen molar-refractivity contribution < 1.29 is 0 Å².